The highest BCUT2D eigenvalue weighted by Gasteiger charge is 1.93. The molecule has 0 aliphatic carbocycles. The third-order valence-electron chi connectivity index (χ3n) is 1.46. The molecule has 0 atom stereocenters. The summed E-state index contributed by atoms with van der Waals surface area (Å²) >= 11 is 0. The van der Waals surface area contributed by atoms with Gasteiger partial charge in [-0.3, -0.25) is 9.18 Å². The number of carbonyl (C=O) groups excluding carboxylic acids is 1. The average Bonchev–Trinajstić information content (AvgIpc) is 2.48. The van der Waals surface area contributed by atoms with Crippen LogP contribution in [0.15, 0.2) is 18.5 Å². The molecule has 0 N–H and O–H groups in total. The van der Waals surface area contributed by atoms with Crippen LogP contribution in [0.4, 0.5) is 4.39 Å². The molecule has 0 aliphatic heterocycles. The highest BCUT2D eigenvalue weighted by molar-refractivity contribution is 5.74. The number of aromatic nitrogens is 1. The molecule has 0 radical (unpaired) electrons. The van der Waals surface area contributed by atoms with Crippen LogP contribution >= 0.6 is 0 Å². The highest BCUT2D eigenvalue weighted by Crippen LogP contribution is 1.98. The fraction of sp³-hybridized carbons (Fsp3) is 0.375. The van der Waals surface area contributed by atoms with Crippen LogP contribution in [0.25, 0.3) is 0 Å². The second kappa shape index (κ2) is 3.91. The topological polar surface area (TPSA) is 22.0 Å². The molecule has 0 fully saturated rings. The molecule has 0 saturated heterocycles. The van der Waals surface area contributed by atoms with Gasteiger partial charge in [0.2, 0.25) is 0 Å². The minimum Gasteiger partial charge on any atom is -0.353 e. The van der Waals surface area contributed by atoms with Crippen molar-refractivity contribution in [1.29, 1.82) is 0 Å². The lowest BCUT2D eigenvalue weighted by atomic mass is 10.4. The fourth-order valence-electron chi connectivity index (χ4n) is 0.910. The number of aryl methyl sites for hydroxylation is 1. The summed E-state index contributed by atoms with van der Waals surface area (Å²) in [6.45, 7) is 0.332. The molecule has 1 rings (SSSR count). The van der Waals surface area contributed by atoms with Gasteiger partial charge in [0, 0.05) is 24.5 Å². The summed E-state index contributed by atoms with van der Waals surface area (Å²) < 4.78 is 13.5. The zero-order chi connectivity index (χ0) is 8.10. The maximum atomic E-state index is 11.7. The van der Waals surface area contributed by atoms with Crippen molar-refractivity contribution >= 4 is 6.29 Å². The zero-order valence-corrected chi connectivity index (χ0v) is 6.16. The van der Waals surface area contributed by atoms with Crippen LogP contribution < -0.4 is 0 Å². The van der Waals surface area contributed by atoms with Crippen molar-refractivity contribution in [2.45, 2.75) is 13.0 Å². The van der Waals surface area contributed by atoms with E-state index in [2.05, 4.69) is 0 Å². The lowest BCUT2D eigenvalue weighted by Crippen LogP contribution is -1.94. The lowest BCUT2D eigenvalue weighted by molar-refractivity contribution is 0.112. The molecule has 0 spiro atoms. The summed E-state index contributed by atoms with van der Waals surface area (Å²) in [5.74, 6) is 0. The summed E-state index contributed by atoms with van der Waals surface area (Å²) in [6.07, 6.45) is 4.78. The molecular weight excluding hydrogens is 145 g/mol. The molecule has 3 heteroatoms. The maximum absolute atomic E-state index is 11.7. The van der Waals surface area contributed by atoms with Crippen molar-refractivity contribution in [3.05, 3.63) is 24.0 Å². The first-order valence-corrected chi connectivity index (χ1v) is 3.53. The zero-order valence-electron chi connectivity index (χ0n) is 6.16. The third kappa shape index (κ3) is 2.18. The Kier molecular flexibility index (Phi) is 2.83. The van der Waals surface area contributed by atoms with Crippen LogP contribution in [-0.4, -0.2) is 17.5 Å². The van der Waals surface area contributed by atoms with Crippen LogP contribution in [0.3, 0.4) is 0 Å². The minimum atomic E-state index is -0.311. The van der Waals surface area contributed by atoms with Crippen LogP contribution in [0.1, 0.15) is 16.8 Å². The Bertz CT molecular complexity index is 232. The monoisotopic (exact) mass is 155 g/mol. The molecule has 0 aromatic carbocycles. The van der Waals surface area contributed by atoms with E-state index in [0.29, 0.717) is 18.5 Å². The van der Waals surface area contributed by atoms with Crippen molar-refractivity contribution in [1.82, 2.24) is 4.57 Å². The van der Waals surface area contributed by atoms with E-state index < -0.39 is 0 Å². The molecule has 0 unspecified atom stereocenters. The first kappa shape index (κ1) is 7.98. The predicted molar refractivity (Wildman–Crippen MR) is 40.4 cm³/mol. The fourth-order valence-corrected chi connectivity index (χ4v) is 0.910. The molecule has 0 amide bonds. The summed E-state index contributed by atoms with van der Waals surface area (Å²) in [5.41, 5.74) is 0.642. The number of aldehydes is 1. The molecule has 2 nitrogen and oxygen atoms in total. The third-order valence-corrected chi connectivity index (χ3v) is 1.46. The molecular formula is C8H10FNO. The van der Waals surface area contributed by atoms with Gasteiger partial charge in [-0.2, -0.15) is 0 Å². The maximum Gasteiger partial charge on any atom is 0.151 e. The van der Waals surface area contributed by atoms with Gasteiger partial charge in [-0.25, -0.2) is 0 Å². The minimum absolute atomic E-state index is 0.311. The molecule has 11 heavy (non-hydrogen) atoms. The van der Waals surface area contributed by atoms with Gasteiger partial charge in [-0.05, 0) is 12.5 Å². The van der Waals surface area contributed by atoms with Crippen molar-refractivity contribution in [2.75, 3.05) is 6.67 Å². The largest absolute Gasteiger partial charge is 0.353 e. The predicted octanol–water partition coefficient (Wildman–Crippen LogP) is 1.66. The first-order valence-electron chi connectivity index (χ1n) is 3.53. The van der Waals surface area contributed by atoms with E-state index in [1.165, 1.54) is 0 Å². The molecule has 0 bridgehead atoms. The van der Waals surface area contributed by atoms with Gasteiger partial charge in [0.15, 0.2) is 6.29 Å². The van der Waals surface area contributed by atoms with Crippen LogP contribution in [0.5, 0.6) is 0 Å². The summed E-state index contributed by atoms with van der Waals surface area (Å²) in [6, 6.07) is 1.71. The van der Waals surface area contributed by atoms with E-state index in [-0.39, 0.29) is 6.67 Å². The normalized spacial score (nSPS) is 9.91. The first-order chi connectivity index (χ1) is 5.36. The molecule has 1 aromatic heterocycles. The SMILES string of the molecule is O=Cc1ccn(CCCF)c1. The molecule has 60 valence electrons. The lowest BCUT2D eigenvalue weighted by Gasteiger charge is -1.96. The van der Waals surface area contributed by atoms with Crippen molar-refractivity contribution in [3.8, 4) is 0 Å². The standard InChI is InChI=1S/C8H10FNO/c9-3-1-4-10-5-2-8(6-10)7-11/h2,5-7H,1,3-4H2. The summed E-state index contributed by atoms with van der Waals surface area (Å²) in [4.78, 5) is 10.2. The second-order valence-corrected chi connectivity index (χ2v) is 2.34. The summed E-state index contributed by atoms with van der Waals surface area (Å²) in [7, 11) is 0. The van der Waals surface area contributed by atoms with Gasteiger partial charge < -0.3 is 4.57 Å². The van der Waals surface area contributed by atoms with Crippen LogP contribution in [-0.2, 0) is 6.54 Å². The van der Waals surface area contributed by atoms with Gasteiger partial charge >= 0.3 is 0 Å². The van der Waals surface area contributed by atoms with E-state index >= 15 is 0 Å². The van der Waals surface area contributed by atoms with Gasteiger partial charge in [0.1, 0.15) is 0 Å². The number of hydrogen-bond donors (Lipinski definition) is 0. The second-order valence-electron chi connectivity index (χ2n) is 2.34. The number of rotatable bonds is 4. The number of carbonyl (C=O) groups is 1. The van der Waals surface area contributed by atoms with Crippen molar-refractivity contribution in [3.63, 3.8) is 0 Å². The molecule has 0 aliphatic rings. The number of alkyl halides is 1. The van der Waals surface area contributed by atoms with Gasteiger partial charge in [-0.1, -0.05) is 0 Å². The number of hydrogen-bond acceptors (Lipinski definition) is 1. The molecule has 0 saturated carbocycles. The Hall–Kier alpha value is -1.12. The van der Waals surface area contributed by atoms with Gasteiger partial charge in [0.05, 0.1) is 6.67 Å². The van der Waals surface area contributed by atoms with Crippen LogP contribution in [0.2, 0.25) is 0 Å². The van der Waals surface area contributed by atoms with Gasteiger partial charge in [-0.15, -0.1) is 0 Å². The van der Waals surface area contributed by atoms with E-state index in [9.17, 15) is 9.18 Å². The Morgan fingerprint density at radius 2 is 2.45 bits per heavy atom. The Balaban J connectivity index is 2.51. The van der Waals surface area contributed by atoms with Crippen molar-refractivity contribution < 1.29 is 9.18 Å². The van der Waals surface area contributed by atoms with E-state index in [1.807, 2.05) is 4.57 Å². The Labute approximate surface area is 64.6 Å². The van der Waals surface area contributed by atoms with Crippen molar-refractivity contribution in [2.24, 2.45) is 0 Å². The number of nitrogens with zero attached hydrogens (tertiary/aromatic N) is 1. The number of halogens is 1. The molecule has 1 heterocycles. The average molecular weight is 155 g/mol. The van der Waals surface area contributed by atoms with E-state index in [0.717, 1.165) is 6.29 Å². The van der Waals surface area contributed by atoms with E-state index in [4.69, 9.17) is 0 Å². The molecule has 1 aromatic rings. The van der Waals surface area contributed by atoms with Gasteiger partial charge in [0.25, 0.3) is 0 Å². The van der Waals surface area contributed by atoms with E-state index in [1.54, 1.807) is 18.5 Å². The van der Waals surface area contributed by atoms with Crippen LogP contribution in [0, 0.1) is 0 Å². The quantitative estimate of drug-likeness (QED) is 0.606. The Morgan fingerprint density at radius 1 is 1.64 bits per heavy atom. The Morgan fingerprint density at radius 3 is 3.00 bits per heavy atom. The smallest absolute Gasteiger partial charge is 0.151 e. The highest BCUT2D eigenvalue weighted by atomic mass is 19.1. The summed E-state index contributed by atoms with van der Waals surface area (Å²) in [5, 5.41) is 0.